The molecule has 0 saturated carbocycles. The SMILES string of the molecule is Cn1cc(C(N)C(=O)N2CCSCC2S(C)(=O)=O)cn1. The maximum atomic E-state index is 12.5. The van der Waals surface area contributed by atoms with Crippen LogP contribution in [0.5, 0.6) is 0 Å². The molecule has 0 aromatic carbocycles. The highest BCUT2D eigenvalue weighted by Crippen LogP contribution is 2.23. The number of rotatable bonds is 3. The van der Waals surface area contributed by atoms with Crippen LogP contribution in [0.4, 0.5) is 0 Å². The minimum atomic E-state index is -3.32. The molecule has 9 heteroatoms. The molecular formula is C11H18N4O3S2. The Bertz CT molecular complexity index is 599. The van der Waals surface area contributed by atoms with Gasteiger partial charge in [-0.1, -0.05) is 0 Å². The second-order valence-corrected chi connectivity index (χ2v) is 8.17. The summed E-state index contributed by atoms with van der Waals surface area (Å²) < 4.78 is 25.2. The number of carbonyl (C=O) groups excluding carboxylic acids is 1. The fraction of sp³-hybridized carbons (Fsp3) is 0.636. The molecule has 0 aliphatic carbocycles. The zero-order valence-corrected chi connectivity index (χ0v) is 13.0. The smallest absolute Gasteiger partial charge is 0.245 e. The molecule has 1 aliphatic heterocycles. The van der Waals surface area contributed by atoms with Crippen LogP contribution in [0.25, 0.3) is 0 Å². The average molecular weight is 318 g/mol. The Labute approximate surface area is 122 Å². The number of carbonyl (C=O) groups is 1. The van der Waals surface area contributed by atoms with E-state index >= 15 is 0 Å². The first-order valence-electron chi connectivity index (χ1n) is 6.12. The highest BCUT2D eigenvalue weighted by Gasteiger charge is 2.36. The summed E-state index contributed by atoms with van der Waals surface area (Å²) in [5.41, 5.74) is 6.53. The van der Waals surface area contributed by atoms with Crippen LogP contribution in [0.3, 0.4) is 0 Å². The van der Waals surface area contributed by atoms with E-state index in [-0.39, 0.29) is 5.91 Å². The van der Waals surface area contributed by atoms with Crippen molar-refractivity contribution in [3.8, 4) is 0 Å². The number of nitrogens with two attached hydrogens (primary N) is 1. The molecule has 1 amide bonds. The quantitative estimate of drug-likeness (QED) is 0.796. The number of nitrogens with zero attached hydrogens (tertiary/aromatic N) is 3. The Kier molecular flexibility index (Phi) is 4.40. The van der Waals surface area contributed by atoms with E-state index in [1.165, 1.54) is 22.9 Å². The highest BCUT2D eigenvalue weighted by molar-refractivity contribution is 8.00. The molecule has 1 saturated heterocycles. The number of aromatic nitrogens is 2. The Morgan fingerprint density at radius 1 is 1.60 bits per heavy atom. The normalized spacial score (nSPS) is 21.8. The topological polar surface area (TPSA) is 98.3 Å². The molecule has 0 radical (unpaired) electrons. The summed E-state index contributed by atoms with van der Waals surface area (Å²) in [5, 5.41) is 3.18. The summed E-state index contributed by atoms with van der Waals surface area (Å²) in [4.78, 5) is 13.8. The molecule has 1 aromatic rings. The first-order valence-corrected chi connectivity index (χ1v) is 9.23. The van der Waals surface area contributed by atoms with E-state index in [0.29, 0.717) is 17.9 Å². The number of amides is 1. The van der Waals surface area contributed by atoms with Crippen LogP contribution in [0.15, 0.2) is 12.4 Å². The summed E-state index contributed by atoms with van der Waals surface area (Å²) in [6, 6.07) is -0.879. The van der Waals surface area contributed by atoms with Gasteiger partial charge in [0.25, 0.3) is 0 Å². The zero-order valence-electron chi connectivity index (χ0n) is 11.4. The molecule has 1 fully saturated rings. The summed E-state index contributed by atoms with van der Waals surface area (Å²) in [5.74, 6) is 0.746. The van der Waals surface area contributed by atoms with Crippen molar-refractivity contribution >= 4 is 27.5 Å². The van der Waals surface area contributed by atoms with Gasteiger partial charge in [-0.2, -0.15) is 16.9 Å². The van der Waals surface area contributed by atoms with Gasteiger partial charge in [-0.05, 0) is 0 Å². The predicted molar refractivity (Wildman–Crippen MR) is 77.8 cm³/mol. The molecular weight excluding hydrogens is 300 g/mol. The molecule has 0 bridgehead atoms. The molecule has 2 N–H and O–H groups in total. The maximum Gasteiger partial charge on any atom is 0.245 e. The van der Waals surface area contributed by atoms with Gasteiger partial charge in [-0.15, -0.1) is 0 Å². The van der Waals surface area contributed by atoms with Crippen LogP contribution in [0.1, 0.15) is 11.6 Å². The van der Waals surface area contributed by atoms with Crippen LogP contribution in [-0.4, -0.2) is 58.7 Å². The molecule has 2 rings (SSSR count). The standard InChI is InChI=1S/C11H18N4O3S2/c1-14-6-8(5-13-14)10(12)11(16)15-3-4-19-7-9(15)20(2,17)18/h5-6,9-10H,3-4,7,12H2,1-2H3. The third-order valence-electron chi connectivity index (χ3n) is 3.21. The van der Waals surface area contributed by atoms with E-state index < -0.39 is 21.3 Å². The Balaban J connectivity index is 2.22. The number of thioether (sulfide) groups is 1. The van der Waals surface area contributed by atoms with Crippen LogP contribution < -0.4 is 5.73 Å². The second kappa shape index (κ2) is 5.74. The second-order valence-electron chi connectivity index (χ2n) is 4.82. The predicted octanol–water partition coefficient (Wildman–Crippen LogP) is -0.634. The number of hydrogen-bond acceptors (Lipinski definition) is 6. The minimum Gasteiger partial charge on any atom is -0.322 e. The Morgan fingerprint density at radius 3 is 2.85 bits per heavy atom. The third kappa shape index (κ3) is 3.15. The lowest BCUT2D eigenvalue weighted by molar-refractivity contribution is -0.133. The fourth-order valence-corrected chi connectivity index (χ4v) is 4.93. The lowest BCUT2D eigenvalue weighted by Gasteiger charge is -2.35. The van der Waals surface area contributed by atoms with Gasteiger partial charge in [0, 0.05) is 43.1 Å². The van der Waals surface area contributed by atoms with E-state index in [0.717, 1.165) is 12.0 Å². The summed E-state index contributed by atoms with van der Waals surface area (Å²) in [7, 11) is -1.59. The van der Waals surface area contributed by atoms with Gasteiger partial charge in [-0.3, -0.25) is 9.48 Å². The molecule has 112 valence electrons. The Hall–Kier alpha value is -1.06. The van der Waals surface area contributed by atoms with Gasteiger partial charge in [0.2, 0.25) is 5.91 Å². The number of sulfone groups is 1. The van der Waals surface area contributed by atoms with Gasteiger partial charge in [0.1, 0.15) is 11.4 Å². The molecule has 1 aliphatic rings. The van der Waals surface area contributed by atoms with Crippen LogP contribution >= 0.6 is 11.8 Å². The molecule has 1 aromatic heterocycles. The molecule has 2 heterocycles. The van der Waals surface area contributed by atoms with Gasteiger partial charge in [0.05, 0.1) is 6.20 Å². The lowest BCUT2D eigenvalue weighted by atomic mass is 10.1. The zero-order chi connectivity index (χ0) is 14.9. The fourth-order valence-electron chi connectivity index (χ4n) is 2.11. The largest absolute Gasteiger partial charge is 0.322 e. The highest BCUT2D eigenvalue weighted by atomic mass is 32.2. The third-order valence-corrected chi connectivity index (χ3v) is 5.86. The minimum absolute atomic E-state index is 0.367. The van der Waals surface area contributed by atoms with Gasteiger partial charge in [-0.25, -0.2) is 8.42 Å². The van der Waals surface area contributed by atoms with Gasteiger partial charge >= 0.3 is 0 Å². The van der Waals surface area contributed by atoms with E-state index in [1.54, 1.807) is 17.9 Å². The van der Waals surface area contributed by atoms with E-state index in [4.69, 9.17) is 5.73 Å². The monoisotopic (exact) mass is 318 g/mol. The van der Waals surface area contributed by atoms with Crippen molar-refractivity contribution in [2.75, 3.05) is 24.3 Å². The van der Waals surface area contributed by atoms with Crippen molar-refractivity contribution in [3.05, 3.63) is 18.0 Å². The van der Waals surface area contributed by atoms with Crippen molar-refractivity contribution in [1.29, 1.82) is 0 Å². The average Bonchev–Trinajstić information content (AvgIpc) is 2.83. The molecule has 20 heavy (non-hydrogen) atoms. The molecule has 0 spiro atoms. The van der Waals surface area contributed by atoms with Crippen molar-refractivity contribution in [1.82, 2.24) is 14.7 Å². The lowest BCUT2D eigenvalue weighted by Crippen LogP contribution is -2.52. The first-order chi connectivity index (χ1) is 9.30. The summed E-state index contributed by atoms with van der Waals surface area (Å²) >= 11 is 1.53. The van der Waals surface area contributed by atoms with Crippen molar-refractivity contribution in [3.63, 3.8) is 0 Å². The van der Waals surface area contributed by atoms with Crippen LogP contribution in [0, 0.1) is 0 Å². The number of hydrogen-bond donors (Lipinski definition) is 1. The maximum absolute atomic E-state index is 12.5. The van der Waals surface area contributed by atoms with E-state index in [9.17, 15) is 13.2 Å². The van der Waals surface area contributed by atoms with E-state index in [2.05, 4.69) is 5.10 Å². The van der Waals surface area contributed by atoms with Crippen LogP contribution in [-0.2, 0) is 21.7 Å². The first kappa shape index (κ1) is 15.3. The van der Waals surface area contributed by atoms with Gasteiger partial charge in [0.15, 0.2) is 9.84 Å². The van der Waals surface area contributed by atoms with Gasteiger partial charge < -0.3 is 10.6 Å². The van der Waals surface area contributed by atoms with Crippen molar-refractivity contribution < 1.29 is 13.2 Å². The molecule has 7 nitrogen and oxygen atoms in total. The van der Waals surface area contributed by atoms with E-state index in [1.807, 2.05) is 0 Å². The Morgan fingerprint density at radius 2 is 2.30 bits per heavy atom. The van der Waals surface area contributed by atoms with Crippen molar-refractivity contribution in [2.45, 2.75) is 11.4 Å². The van der Waals surface area contributed by atoms with Crippen LogP contribution in [0.2, 0.25) is 0 Å². The molecule has 2 atom stereocenters. The summed E-state index contributed by atoms with van der Waals surface area (Å²) in [6.07, 6.45) is 4.34. The molecule has 2 unspecified atom stereocenters. The summed E-state index contributed by atoms with van der Waals surface area (Å²) in [6.45, 7) is 0.398. The van der Waals surface area contributed by atoms with Crippen molar-refractivity contribution in [2.24, 2.45) is 12.8 Å². The number of aryl methyl sites for hydroxylation is 1.